The highest BCUT2D eigenvalue weighted by molar-refractivity contribution is 5.38. The second kappa shape index (κ2) is 4.72. The number of nitrogens with zero attached hydrogens (tertiary/aromatic N) is 1. The number of hydrogen-bond acceptors (Lipinski definition) is 2. The molecule has 11 heavy (non-hydrogen) atoms. The van der Waals surface area contributed by atoms with Gasteiger partial charge in [-0.25, -0.2) is 4.98 Å². The van der Waals surface area contributed by atoms with Crippen molar-refractivity contribution in [2.75, 3.05) is 5.73 Å². The number of aromatic nitrogens is 1. The van der Waals surface area contributed by atoms with Crippen LogP contribution < -0.4 is 5.73 Å². The molecule has 0 amide bonds. The molecule has 0 unspecified atom stereocenters. The van der Waals surface area contributed by atoms with E-state index in [0.29, 0.717) is 5.82 Å². The van der Waals surface area contributed by atoms with Crippen molar-refractivity contribution in [1.82, 2.24) is 4.98 Å². The minimum atomic E-state index is 0.634. The predicted octanol–water partition coefficient (Wildman–Crippen LogP) is 2.31. The number of nitrogen functional groups attached to an aromatic ring is 1. The summed E-state index contributed by atoms with van der Waals surface area (Å²) in [6.45, 7) is 7.87. The summed E-state index contributed by atoms with van der Waals surface area (Å²) < 4.78 is 0. The normalized spacial score (nSPS) is 8.36. The Labute approximate surface area is 68.5 Å². The van der Waals surface area contributed by atoms with Gasteiger partial charge in [-0.2, -0.15) is 0 Å². The lowest BCUT2D eigenvalue weighted by Crippen LogP contribution is -1.94. The van der Waals surface area contributed by atoms with Crippen LogP contribution in [0.1, 0.15) is 25.1 Å². The van der Waals surface area contributed by atoms with Gasteiger partial charge in [-0.3, -0.25) is 0 Å². The third-order valence-corrected chi connectivity index (χ3v) is 1.28. The van der Waals surface area contributed by atoms with Crippen molar-refractivity contribution < 1.29 is 0 Å². The molecule has 0 spiro atoms. The third-order valence-electron chi connectivity index (χ3n) is 1.28. The van der Waals surface area contributed by atoms with E-state index < -0.39 is 0 Å². The first-order valence-corrected chi connectivity index (χ1v) is 3.90. The number of aryl methyl sites for hydroxylation is 2. The van der Waals surface area contributed by atoms with E-state index in [1.54, 1.807) is 0 Å². The van der Waals surface area contributed by atoms with Crippen molar-refractivity contribution in [2.24, 2.45) is 0 Å². The van der Waals surface area contributed by atoms with Crippen LogP contribution in [0.3, 0.4) is 0 Å². The molecular weight excluding hydrogens is 136 g/mol. The van der Waals surface area contributed by atoms with Gasteiger partial charge in [0.1, 0.15) is 5.82 Å². The summed E-state index contributed by atoms with van der Waals surface area (Å²) in [6, 6.07) is 3.92. The SMILES string of the molecule is CC.Cc1ccc(C)c(N)n1. The fourth-order valence-electron chi connectivity index (χ4n) is 0.646. The minimum absolute atomic E-state index is 0.634. The van der Waals surface area contributed by atoms with E-state index >= 15 is 0 Å². The minimum Gasteiger partial charge on any atom is -0.383 e. The molecule has 0 aliphatic rings. The topological polar surface area (TPSA) is 38.9 Å². The van der Waals surface area contributed by atoms with Crippen LogP contribution in [0.15, 0.2) is 12.1 Å². The lowest BCUT2D eigenvalue weighted by molar-refractivity contribution is 1.18. The van der Waals surface area contributed by atoms with E-state index in [4.69, 9.17) is 5.73 Å². The van der Waals surface area contributed by atoms with Crippen LogP contribution in [-0.4, -0.2) is 4.98 Å². The van der Waals surface area contributed by atoms with Gasteiger partial charge in [0.2, 0.25) is 0 Å². The molecule has 1 aromatic rings. The van der Waals surface area contributed by atoms with Gasteiger partial charge in [0, 0.05) is 5.69 Å². The lowest BCUT2D eigenvalue weighted by atomic mass is 10.2. The summed E-state index contributed by atoms with van der Waals surface area (Å²) in [5.74, 6) is 0.634. The first-order chi connectivity index (χ1) is 5.20. The average Bonchev–Trinajstić information content (AvgIpc) is 2.02. The highest BCUT2D eigenvalue weighted by Crippen LogP contribution is 2.05. The maximum absolute atomic E-state index is 5.51. The van der Waals surface area contributed by atoms with Crippen molar-refractivity contribution >= 4 is 5.82 Å². The van der Waals surface area contributed by atoms with Gasteiger partial charge in [0.15, 0.2) is 0 Å². The molecular formula is C9H16N2. The Morgan fingerprint density at radius 1 is 1.18 bits per heavy atom. The Hall–Kier alpha value is -1.05. The molecule has 0 atom stereocenters. The molecule has 0 aromatic carbocycles. The van der Waals surface area contributed by atoms with E-state index in [2.05, 4.69) is 4.98 Å². The molecule has 0 aliphatic carbocycles. The molecule has 2 heteroatoms. The number of rotatable bonds is 0. The van der Waals surface area contributed by atoms with Crippen LogP contribution >= 0.6 is 0 Å². The van der Waals surface area contributed by atoms with Crippen molar-refractivity contribution in [3.05, 3.63) is 23.4 Å². The number of nitrogens with two attached hydrogens (primary N) is 1. The van der Waals surface area contributed by atoms with Gasteiger partial charge in [-0.05, 0) is 25.5 Å². The molecule has 1 rings (SSSR count). The summed E-state index contributed by atoms with van der Waals surface area (Å²) in [5, 5.41) is 0. The highest BCUT2D eigenvalue weighted by Gasteiger charge is 1.91. The van der Waals surface area contributed by atoms with Crippen LogP contribution in [-0.2, 0) is 0 Å². The smallest absolute Gasteiger partial charge is 0.126 e. The maximum Gasteiger partial charge on any atom is 0.126 e. The van der Waals surface area contributed by atoms with Crippen LogP contribution in [0.4, 0.5) is 5.82 Å². The number of hydrogen-bond donors (Lipinski definition) is 1. The van der Waals surface area contributed by atoms with Gasteiger partial charge in [0.25, 0.3) is 0 Å². The first kappa shape index (κ1) is 9.95. The van der Waals surface area contributed by atoms with E-state index in [0.717, 1.165) is 11.3 Å². The quantitative estimate of drug-likeness (QED) is 0.619. The zero-order valence-corrected chi connectivity index (χ0v) is 7.68. The molecule has 0 bridgehead atoms. The molecule has 1 heterocycles. The Morgan fingerprint density at radius 2 is 1.73 bits per heavy atom. The summed E-state index contributed by atoms with van der Waals surface area (Å²) in [4.78, 5) is 4.05. The third kappa shape index (κ3) is 3.03. The van der Waals surface area contributed by atoms with Gasteiger partial charge >= 0.3 is 0 Å². The van der Waals surface area contributed by atoms with E-state index in [9.17, 15) is 0 Å². The van der Waals surface area contributed by atoms with Gasteiger partial charge < -0.3 is 5.73 Å². The summed E-state index contributed by atoms with van der Waals surface area (Å²) in [5.41, 5.74) is 7.52. The largest absolute Gasteiger partial charge is 0.383 e. The summed E-state index contributed by atoms with van der Waals surface area (Å²) >= 11 is 0. The monoisotopic (exact) mass is 152 g/mol. The van der Waals surface area contributed by atoms with E-state index in [-0.39, 0.29) is 0 Å². The molecule has 0 saturated heterocycles. The molecule has 0 aliphatic heterocycles. The molecule has 1 aromatic heterocycles. The molecule has 2 nitrogen and oxygen atoms in total. The standard InChI is InChI=1S/C7H10N2.C2H6/c1-5-3-4-6(2)9-7(5)8;1-2/h3-4H,1-2H3,(H2,8,9);1-2H3. The van der Waals surface area contributed by atoms with Crippen molar-refractivity contribution in [2.45, 2.75) is 27.7 Å². The zero-order chi connectivity index (χ0) is 8.85. The first-order valence-electron chi connectivity index (χ1n) is 3.90. The highest BCUT2D eigenvalue weighted by atomic mass is 14.8. The van der Waals surface area contributed by atoms with Crippen LogP contribution in [0.5, 0.6) is 0 Å². The Kier molecular flexibility index (Phi) is 4.27. The fourth-order valence-corrected chi connectivity index (χ4v) is 0.646. The molecule has 0 saturated carbocycles. The molecule has 62 valence electrons. The predicted molar refractivity (Wildman–Crippen MR) is 49.5 cm³/mol. The van der Waals surface area contributed by atoms with Crippen molar-refractivity contribution in [3.63, 3.8) is 0 Å². The van der Waals surface area contributed by atoms with Gasteiger partial charge in [-0.1, -0.05) is 19.9 Å². The molecule has 0 fully saturated rings. The Morgan fingerprint density at radius 3 is 2.09 bits per heavy atom. The maximum atomic E-state index is 5.51. The van der Waals surface area contributed by atoms with Crippen LogP contribution in [0, 0.1) is 13.8 Å². The summed E-state index contributed by atoms with van der Waals surface area (Å²) in [6.07, 6.45) is 0. The summed E-state index contributed by atoms with van der Waals surface area (Å²) in [7, 11) is 0. The van der Waals surface area contributed by atoms with E-state index in [1.807, 2.05) is 39.8 Å². The average molecular weight is 152 g/mol. The van der Waals surface area contributed by atoms with E-state index in [1.165, 1.54) is 0 Å². The second-order valence-corrected chi connectivity index (χ2v) is 2.15. The lowest BCUT2D eigenvalue weighted by Gasteiger charge is -1.97. The fraction of sp³-hybridized carbons (Fsp3) is 0.444. The number of anilines is 1. The number of pyridine rings is 1. The Bertz CT molecular complexity index is 219. The van der Waals surface area contributed by atoms with Crippen LogP contribution in [0.25, 0.3) is 0 Å². The van der Waals surface area contributed by atoms with Crippen molar-refractivity contribution in [3.8, 4) is 0 Å². The van der Waals surface area contributed by atoms with Gasteiger partial charge in [0.05, 0.1) is 0 Å². The van der Waals surface area contributed by atoms with Crippen molar-refractivity contribution in [1.29, 1.82) is 0 Å². The Balaban J connectivity index is 0.000000461. The zero-order valence-electron chi connectivity index (χ0n) is 7.68. The van der Waals surface area contributed by atoms with Gasteiger partial charge in [-0.15, -0.1) is 0 Å². The second-order valence-electron chi connectivity index (χ2n) is 2.15. The molecule has 2 N–H and O–H groups in total. The van der Waals surface area contributed by atoms with Crippen LogP contribution in [0.2, 0.25) is 0 Å². The molecule has 0 radical (unpaired) electrons.